The molecule has 2 N–H and O–H groups in total. The van der Waals surface area contributed by atoms with E-state index >= 15 is 0 Å². The summed E-state index contributed by atoms with van der Waals surface area (Å²) < 4.78 is 5.37. The van der Waals surface area contributed by atoms with Gasteiger partial charge in [-0.2, -0.15) is 4.98 Å². The molecule has 1 aromatic rings. The molecule has 0 spiro atoms. The van der Waals surface area contributed by atoms with Crippen molar-refractivity contribution >= 4 is 11.8 Å². The third kappa shape index (κ3) is 4.10. The highest BCUT2D eigenvalue weighted by molar-refractivity contribution is 5.48. The first kappa shape index (κ1) is 16.4. The van der Waals surface area contributed by atoms with Gasteiger partial charge >= 0.3 is 0 Å². The number of hydrogen-bond donors (Lipinski definition) is 2. The van der Waals surface area contributed by atoms with Crippen LogP contribution >= 0.6 is 0 Å². The average Bonchev–Trinajstić information content (AvgIpc) is 3.06. The number of aryl methyl sites for hydroxylation is 1. The summed E-state index contributed by atoms with van der Waals surface area (Å²) in [7, 11) is 0. The molecule has 23 heavy (non-hydrogen) atoms. The molecule has 0 aliphatic carbocycles. The highest BCUT2D eigenvalue weighted by Gasteiger charge is 2.26. The van der Waals surface area contributed by atoms with Crippen LogP contribution < -0.4 is 10.2 Å². The summed E-state index contributed by atoms with van der Waals surface area (Å²) in [4.78, 5) is 13.7. The van der Waals surface area contributed by atoms with Crippen LogP contribution in [0.3, 0.4) is 0 Å². The van der Waals surface area contributed by atoms with E-state index in [1.807, 2.05) is 13.1 Å². The van der Waals surface area contributed by atoms with Gasteiger partial charge in [-0.25, -0.2) is 4.98 Å². The minimum Gasteiger partial charge on any atom is -0.394 e. The first-order valence-corrected chi connectivity index (χ1v) is 8.53. The van der Waals surface area contributed by atoms with E-state index in [0.717, 1.165) is 76.1 Å². The Bertz CT molecular complexity index is 507. The van der Waals surface area contributed by atoms with E-state index < -0.39 is 0 Å². The quantitative estimate of drug-likeness (QED) is 0.790. The van der Waals surface area contributed by atoms with Gasteiger partial charge in [0.25, 0.3) is 0 Å². The zero-order valence-electron chi connectivity index (χ0n) is 13.9. The fourth-order valence-electron chi connectivity index (χ4n) is 3.20. The predicted molar refractivity (Wildman–Crippen MR) is 90.0 cm³/mol. The van der Waals surface area contributed by atoms with Gasteiger partial charge < -0.3 is 20.1 Å². The largest absolute Gasteiger partial charge is 0.394 e. The van der Waals surface area contributed by atoms with Crippen molar-refractivity contribution in [1.82, 2.24) is 14.9 Å². The van der Waals surface area contributed by atoms with Crippen molar-refractivity contribution in [2.45, 2.75) is 25.8 Å². The van der Waals surface area contributed by atoms with Gasteiger partial charge in [-0.05, 0) is 19.8 Å². The van der Waals surface area contributed by atoms with Crippen LogP contribution in [0.1, 0.15) is 18.4 Å². The number of aliphatic hydroxyl groups is 1. The molecule has 2 saturated heterocycles. The van der Waals surface area contributed by atoms with Crippen LogP contribution in [0.5, 0.6) is 0 Å². The fraction of sp³-hybridized carbons (Fsp3) is 0.750. The fourth-order valence-corrected chi connectivity index (χ4v) is 3.20. The van der Waals surface area contributed by atoms with Crippen molar-refractivity contribution in [2.75, 3.05) is 62.8 Å². The van der Waals surface area contributed by atoms with Crippen molar-refractivity contribution in [3.63, 3.8) is 0 Å². The highest BCUT2D eigenvalue weighted by Crippen LogP contribution is 2.24. The molecule has 1 aromatic heterocycles. The SMILES string of the molecule is Cc1cnc(N2CCCC2CO)nc1NCCN1CCOCC1. The summed E-state index contributed by atoms with van der Waals surface area (Å²) >= 11 is 0. The van der Waals surface area contributed by atoms with Crippen molar-refractivity contribution in [1.29, 1.82) is 0 Å². The van der Waals surface area contributed by atoms with E-state index in [2.05, 4.69) is 25.1 Å². The minimum atomic E-state index is 0.152. The summed E-state index contributed by atoms with van der Waals surface area (Å²) in [6, 6.07) is 0.152. The Morgan fingerprint density at radius 3 is 2.96 bits per heavy atom. The first-order valence-electron chi connectivity index (χ1n) is 8.53. The lowest BCUT2D eigenvalue weighted by atomic mass is 10.2. The number of aliphatic hydroxyl groups excluding tert-OH is 1. The summed E-state index contributed by atoms with van der Waals surface area (Å²) in [6.45, 7) is 8.62. The maximum absolute atomic E-state index is 9.48. The van der Waals surface area contributed by atoms with Gasteiger partial charge in [0.15, 0.2) is 0 Å². The van der Waals surface area contributed by atoms with Gasteiger partial charge in [-0.3, -0.25) is 4.90 Å². The summed E-state index contributed by atoms with van der Waals surface area (Å²) in [5.41, 5.74) is 1.05. The van der Waals surface area contributed by atoms with E-state index in [-0.39, 0.29) is 12.6 Å². The number of morpholine rings is 1. The van der Waals surface area contributed by atoms with Crippen LogP contribution in [0, 0.1) is 6.92 Å². The Hall–Kier alpha value is -1.44. The standard InChI is InChI=1S/C16H27N5O2/c1-13-11-18-16(21-5-2-3-14(21)12-22)19-15(13)17-4-6-20-7-9-23-10-8-20/h11,14,22H,2-10,12H2,1H3,(H,17,18,19). The Kier molecular flexibility index (Phi) is 5.64. The second-order valence-electron chi connectivity index (χ2n) is 6.25. The first-order chi connectivity index (χ1) is 11.3. The number of hydrogen-bond acceptors (Lipinski definition) is 7. The number of nitrogens with one attached hydrogen (secondary N) is 1. The van der Waals surface area contributed by atoms with Gasteiger partial charge in [0.05, 0.1) is 25.9 Å². The molecule has 1 unspecified atom stereocenters. The zero-order valence-corrected chi connectivity index (χ0v) is 13.9. The van der Waals surface area contributed by atoms with E-state index in [0.29, 0.717) is 0 Å². The molecule has 1 atom stereocenters. The molecule has 0 saturated carbocycles. The number of nitrogens with zero attached hydrogens (tertiary/aromatic N) is 4. The molecule has 0 aromatic carbocycles. The second-order valence-corrected chi connectivity index (χ2v) is 6.25. The molecule has 2 aliphatic rings. The Balaban J connectivity index is 1.59. The molecule has 7 heteroatoms. The number of rotatable bonds is 6. The van der Waals surface area contributed by atoms with Crippen LogP contribution in [0.4, 0.5) is 11.8 Å². The zero-order chi connectivity index (χ0) is 16.1. The van der Waals surface area contributed by atoms with Crippen LogP contribution in [-0.4, -0.2) is 78.6 Å². The topological polar surface area (TPSA) is 73.8 Å². The van der Waals surface area contributed by atoms with Gasteiger partial charge in [0.1, 0.15) is 5.82 Å². The van der Waals surface area contributed by atoms with Gasteiger partial charge in [-0.1, -0.05) is 0 Å². The monoisotopic (exact) mass is 321 g/mol. The third-order valence-electron chi connectivity index (χ3n) is 4.63. The lowest BCUT2D eigenvalue weighted by Crippen LogP contribution is -2.39. The molecule has 3 heterocycles. The molecule has 0 amide bonds. The van der Waals surface area contributed by atoms with Crippen molar-refractivity contribution in [2.24, 2.45) is 0 Å². The van der Waals surface area contributed by atoms with Gasteiger partial charge in [-0.15, -0.1) is 0 Å². The molecular formula is C16H27N5O2. The molecule has 2 fully saturated rings. The summed E-state index contributed by atoms with van der Waals surface area (Å²) in [5, 5.41) is 12.9. The van der Waals surface area contributed by atoms with E-state index in [1.54, 1.807) is 0 Å². The van der Waals surface area contributed by atoms with Crippen LogP contribution in [0.15, 0.2) is 6.20 Å². The molecule has 3 rings (SSSR count). The van der Waals surface area contributed by atoms with E-state index in [4.69, 9.17) is 4.74 Å². The summed E-state index contributed by atoms with van der Waals surface area (Å²) in [6.07, 6.45) is 3.96. The van der Waals surface area contributed by atoms with Crippen LogP contribution in [0.2, 0.25) is 0 Å². The number of aromatic nitrogens is 2. The van der Waals surface area contributed by atoms with Gasteiger partial charge in [0.2, 0.25) is 5.95 Å². The summed E-state index contributed by atoms with van der Waals surface area (Å²) in [5.74, 6) is 1.62. The van der Waals surface area contributed by atoms with Crippen molar-refractivity contribution < 1.29 is 9.84 Å². The Labute approximate surface area is 137 Å². The molecule has 2 aliphatic heterocycles. The number of anilines is 2. The number of ether oxygens (including phenoxy) is 1. The Morgan fingerprint density at radius 1 is 1.35 bits per heavy atom. The lowest BCUT2D eigenvalue weighted by molar-refractivity contribution is 0.0398. The maximum atomic E-state index is 9.48. The van der Waals surface area contributed by atoms with Crippen molar-refractivity contribution in [3.8, 4) is 0 Å². The van der Waals surface area contributed by atoms with E-state index in [9.17, 15) is 5.11 Å². The predicted octanol–water partition coefficient (Wildman–Crippen LogP) is 0.490. The second kappa shape index (κ2) is 7.90. The minimum absolute atomic E-state index is 0.152. The van der Waals surface area contributed by atoms with Crippen LogP contribution in [0.25, 0.3) is 0 Å². The highest BCUT2D eigenvalue weighted by atomic mass is 16.5. The molecule has 0 bridgehead atoms. The molecule has 0 radical (unpaired) electrons. The average molecular weight is 321 g/mol. The van der Waals surface area contributed by atoms with Gasteiger partial charge in [0, 0.05) is 44.5 Å². The van der Waals surface area contributed by atoms with Crippen molar-refractivity contribution in [3.05, 3.63) is 11.8 Å². The maximum Gasteiger partial charge on any atom is 0.227 e. The normalized spacial score (nSPS) is 22.5. The lowest BCUT2D eigenvalue weighted by Gasteiger charge is -2.27. The van der Waals surface area contributed by atoms with E-state index in [1.165, 1.54) is 0 Å². The third-order valence-corrected chi connectivity index (χ3v) is 4.63. The molecule has 128 valence electrons. The smallest absolute Gasteiger partial charge is 0.227 e. The van der Waals surface area contributed by atoms with Crippen LogP contribution in [-0.2, 0) is 4.74 Å². The molecule has 7 nitrogen and oxygen atoms in total. The Morgan fingerprint density at radius 2 is 2.17 bits per heavy atom. The molecular weight excluding hydrogens is 294 g/mol.